The first-order valence-electron chi connectivity index (χ1n) is 7.79. The first-order valence-corrected chi connectivity index (χ1v) is 7.79. The van der Waals surface area contributed by atoms with Gasteiger partial charge >= 0.3 is 12.1 Å². The highest BCUT2D eigenvalue weighted by atomic mass is 19.4. The van der Waals surface area contributed by atoms with Gasteiger partial charge in [-0.25, -0.2) is 13.6 Å². The second kappa shape index (κ2) is 6.53. The molecule has 0 spiro atoms. The normalized spacial score (nSPS) is 20.2. The fraction of sp³-hybridized carbons (Fsp3) is 0.471. The number of ether oxygens (including phenoxy) is 3. The van der Waals surface area contributed by atoms with Gasteiger partial charge in [-0.2, -0.15) is 13.2 Å². The molecule has 2 atom stereocenters. The third-order valence-electron chi connectivity index (χ3n) is 3.94. The molecule has 1 aliphatic heterocycles. The van der Waals surface area contributed by atoms with Crippen LogP contribution in [0.25, 0.3) is 5.57 Å². The van der Waals surface area contributed by atoms with Crippen LogP contribution in [-0.2, 0) is 20.7 Å². The third kappa shape index (κ3) is 4.14. The number of alkyl halides is 5. The molecule has 1 aliphatic carbocycles. The van der Waals surface area contributed by atoms with E-state index in [1.807, 2.05) is 0 Å². The highest BCUT2D eigenvalue weighted by Gasteiger charge is 2.56. The molecule has 1 aromatic rings. The van der Waals surface area contributed by atoms with E-state index in [9.17, 15) is 26.7 Å². The van der Waals surface area contributed by atoms with Crippen molar-refractivity contribution in [3.05, 3.63) is 35.4 Å². The number of carbonyl (C=O) groups excluding carboxylic acids is 1. The topological polar surface area (TPSA) is 48.1 Å². The zero-order valence-corrected chi connectivity index (χ0v) is 13.6. The van der Waals surface area contributed by atoms with Crippen LogP contribution in [0, 0.1) is 0 Å². The van der Waals surface area contributed by atoms with Gasteiger partial charge in [-0.3, -0.25) is 0 Å². The lowest BCUT2D eigenvalue weighted by Gasteiger charge is -2.25. The molecule has 1 aromatic carbocycles. The number of carbonyl (C=O) groups is 1. The summed E-state index contributed by atoms with van der Waals surface area (Å²) in [4.78, 5) is 12.1. The zero-order chi connectivity index (χ0) is 19.1. The lowest BCUT2D eigenvalue weighted by atomic mass is 10.1. The molecular weight excluding hydrogens is 363 g/mol. The van der Waals surface area contributed by atoms with E-state index in [4.69, 9.17) is 9.47 Å². The monoisotopic (exact) mass is 378 g/mol. The number of epoxide rings is 1. The van der Waals surface area contributed by atoms with Crippen molar-refractivity contribution >= 4 is 11.5 Å². The molecule has 1 saturated heterocycles. The van der Waals surface area contributed by atoms with E-state index < -0.39 is 24.2 Å². The van der Waals surface area contributed by atoms with Crippen LogP contribution in [0.5, 0.6) is 5.75 Å². The number of benzene rings is 1. The lowest BCUT2D eigenvalue weighted by Crippen LogP contribution is -2.46. The molecule has 0 aromatic heterocycles. The number of esters is 1. The first kappa shape index (κ1) is 18.6. The van der Waals surface area contributed by atoms with Gasteiger partial charge in [0.2, 0.25) is 0 Å². The minimum Gasteiger partial charge on any atom is -0.491 e. The standard InChI is InChI=1S/C17H15F5O4/c1-16(18,19)15(17(20,21)22)26-14(23)12-5-3-9-2-4-10(6-13(9)12)24-7-11-8-25-11/h2,4-6,11,15H,3,7-8H2,1H3. The molecule has 0 N–H and O–H groups in total. The molecule has 2 unspecified atom stereocenters. The van der Waals surface area contributed by atoms with Crippen molar-refractivity contribution in [3.63, 3.8) is 0 Å². The van der Waals surface area contributed by atoms with Gasteiger partial charge in [0, 0.05) is 6.92 Å². The van der Waals surface area contributed by atoms with Crippen LogP contribution in [0.1, 0.15) is 18.1 Å². The summed E-state index contributed by atoms with van der Waals surface area (Å²) in [6, 6.07) is 4.79. The second-order valence-corrected chi connectivity index (χ2v) is 6.19. The molecule has 0 amide bonds. The van der Waals surface area contributed by atoms with Crippen LogP contribution in [0.4, 0.5) is 22.0 Å². The number of hydrogen-bond donors (Lipinski definition) is 0. The van der Waals surface area contributed by atoms with Gasteiger partial charge in [-0.05, 0) is 29.7 Å². The first-order chi connectivity index (χ1) is 12.1. The van der Waals surface area contributed by atoms with Crippen LogP contribution in [0.3, 0.4) is 0 Å². The summed E-state index contributed by atoms with van der Waals surface area (Å²) in [7, 11) is 0. The zero-order valence-electron chi connectivity index (χ0n) is 13.6. The van der Waals surface area contributed by atoms with Crippen molar-refractivity contribution < 1.29 is 41.0 Å². The molecular formula is C17H15F5O4. The molecule has 142 valence electrons. The van der Waals surface area contributed by atoms with Crippen molar-refractivity contribution in [1.29, 1.82) is 0 Å². The Kier molecular flexibility index (Phi) is 4.68. The van der Waals surface area contributed by atoms with Gasteiger partial charge in [0.05, 0.1) is 12.2 Å². The summed E-state index contributed by atoms with van der Waals surface area (Å²) in [6.07, 6.45) is -7.26. The fourth-order valence-electron chi connectivity index (χ4n) is 2.57. The van der Waals surface area contributed by atoms with Crippen LogP contribution < -0.4 is 4.74 Å². The van der Waals surface area contributed by atoms with Gasteiger partial charge in [0.1, 0.15) is 18.5 Å². The van der Waals surface area contributed by atoms with Crippen LogP contribution in [0.2, 0.25) is 0 Å². The molecule has 26 heavy (non-hydrogen) atoms. The fourth-order valence-corrected chi connectivity index (χ4v) is 2.57. The molecule has 0 bridgehead atoms. The van der Waals surface area contributed by atoms with E-state index in [1.54, 1.807) is 12.1 Å². The number of halogens is 5. The van der Waals surface area contributed by atoms with E-state index in [1.165, 1.54) is 12.1 Å². The maximum Gasteiger partial charge on any atom is 0.431 e. The predicted molar refractivity (Wildman–Crippen MR) is 79.9 cm³/mol. The van der Waals surface area contributed by atoms with E-state index in [2.05, 4.69) is 4.74 Å². The Labute approximate surface area is 145 Å². The van der Waals surface area contributed by atoms with Gasteiger partial charge in [-0.1, -0.05) is 12.1 Å². The maximum atomic E-state index is 13.2. The van der Waals surface area contributed by atoms with Crippen molar-refractivity contribution in [2.45, 2.75) is 37.7 Å². The summed E-state index contributed by atoms with van der Waals surface area (Å²) in [5.74, 6) is -5.31. The number of fused-ring (bicyclic) bond motifs is 1. The Morgan fingerprint density at radius 1 is 1.31 bits per heavy atom. The summed E-state index contributed by atoms with van der Waals surface area (Å²) >= 11 is 0. The van der Waals surface area contributed by atoms with E-state index >= 15 is 0 Å². The Morgan fingerprint density at radius 3 is 2.58 bits per heavy atom. The predicted octanol–water partition coefficient (Wildman–Crippen LogP) is 3.53. The smallest absolute Gasteiger partial charge is 0.431 e. The minimum absolute atomic E-state index is 0.00237. The largest absolute Gasteiger partial charge is 0.491 e. The summed E-state index contributed by atoms with van der Waals surface area (Å²) < 4.78 is 79.4. The van der Waals surface area contributed by atoms with E-state index in [-0.39, 0.29) is 25.0 Å². The van der Waals surface area contributed by atoms with Crippen molar-refractivity contribution in [3.8, 4) is 5.75 Å². The number of hydrogen-bond acceptors (Lipinski definition) is 4. The van der Waals surface area contributed by atoms with Crippen molar-refractivity contribution in [2.75, 3.05) is 13.2 Å². The Hall–Kier alpha value is -2.16. The molecule has 2 aliphatic rings. The molecule has 0 saturated carbocycles. The average molecular weight is 378 g/mol. The van der Waals surface area contributed by atoms with Crippen LogP contribution in [-0.4, -0.2) is 43.5 Å². The molecule has 9 heteroatoms. The molecule has 1 fully saturated rings. The molecule has 3 rings (SSSR count). The highest BCUT2D eigenvalue weighted by molar-refractivity contribution is 6.18. The Morgan fingerprint density at radius 2 is 2.00 bits per heavy atom. The quantitative estimate of drug-likeness (QED) is 0.432. The Bertz CT molecular complexity index is 718. The van der Waals surface area contributed by atoms with Crippen LogP contribution >= 0.6 is 0 Å². The average Bonchev–Trinajstić information content (AvgIpc) is 3.26. The number of allylic oxidation sites excluding steroid dienone is 1. The van der Waals surface area contributed by atoms with Crippen molar-refractivity contribution in [2.24, 2.45) is 0 Å². The molecule has 0 radical (unpaired) electrons. The van der Waals surface area contributed by atoms with Gasteiger partial charge in [0.15, 0.2) is 0 Å². The molecule has 1 heterocycles. The summed E-state index contributed by atoms with van der Waals surface area (Å²) in [5, 5.41) is 0. The van der Waals surface area contributed by atoms with E-state index in [0.717, 1.165) is 0 Å². The second-order valence-electron chi connectivity index (χ2n) is 6.19. The van der Waals surface area contributed by atoms with Gasteiger partial charge in [0.25, 0.3) is 12.0 Å². The maximum absolute atomic E-state index is 13.2. The summed E-state index contributed by atoms with van der Waals surface area (Å²) in [5.41, 5.74) is 0.787. The van der Waals surface area contributed by atoms with Crippen molar-refractivity contribution in [1.82, 2.24) is 0 Å². The third-order valence-corrected chi connectivity index (χ3v) is 3.94. The lowest BCUT2D eigenvalue weighted by molar-refractivity contribution is -0.270. The van der Waals surface area contributed by atoms with Gasteiger partial charge < -0.3 is 14.2 Å². The summed E-state index contributed by atoms with van der Waals surface area (Å²) in [6.45, 7) is 0.953. The molecule has 4 nitrogen and oxygen atoms in total. The number of rotatable bonds is 6. The van der Waals surface area contributed by atoms with Gasteiger partial charge in [-0.15, -0.1) is 0 Å². The minimum atomic E-state index is -5.38. The van der Waals surface area contributed by atoms with E-state index in [0.29, 0.717) is 30.1 Å². The van der Waals surface area contributed by atoms with Crippen LogP contribution in [0.15, 0.2) is 24.3 Å². The highest BCUT2D eigenvalue weighted by Crippen LogP contribution is 2.37. The Balaban J connectivity index is 1.76. The SMILES string of the molecule is CC(F)(F)C(OC(=O)C1=CCc2ccc(OCC3CO3)cc21)C(F)(F)F.